The molecule has 18 heavy (non-hydrogen) atoms. The fraction of sp³-hybridized carbons (Fsp3) is 0.364. The first-order valence-electron chi connectivity index (χ1n) is 5.26. The first-order valence-corrected chi connectivity index (χ1v) is 7.06. The zero-order valence-corrected chi connectivity index (χ0v) is 10.7. The molecule has 0 radical (unpaired) electrons. The molecule has 0 amide bonds. The van der Waals surface area contributed by atoms with Crippen LogP contribution in [-0.2, 0) is 9.36 Å². The average Bonchev–Trinajstić information content (AvgIpc) is 2.25. The topological polar surface area (TPSA) is 121 Å². The van der Waals surface area contributed by atoms with Gasteiger partial charge in [-0.25, -0.2) is 0 Å². The molecule has 0 aliphatic heterocycles. The number of nitrogens with two attached hydrogens (primary N) is 1. The molecule has 0 bridgehead atoms. The van der Waals surface area contributed by atoms with Crippen molar-refractivity contribution in [1.82, 2.24) is 0 Å². The van der Waals surface area contributed by atoms with Gasteiger partial charge in [-0.15, -0.1) is 0 Å². The van der Waals surface area contributed by atoms with Crippen LogP contribution >= 0.6 is 7.60 Å². The molecule has 1 aromatic carbocycles. The summed E-state index contributed by atoms with van der Waals surface area (Å²) in [7, 11) is -4.37. The van der Waals surface area contributed by atoms with Gasteiger partial charge in [-0.2, -0.15) is 0 Å². The van der Waals surface area contributed by atoms with Gasteiger partial charge < -0.3 is 20.6 Å². The molecular formula is C11H16NO5P. The number of benzene rings is 1. The maximum Gasteiger partial charge on any atom is 0.326 e. The zero-order valence-electron chi connectivity index (χ0n) is 9.85. The summed E-state index contributed by atoms with van der Waals surface area (Å²) in [4.78, 5) is 29.3. The number of carboxylic acid groups (broad SMARTS) is 1. The lowest BCUT2D eigenvalue weighted by atomic mass is 9.82. The van der Waals surface area contributed by atoms with Crippen molar-refractivity contribution in [3.8, 4) is 0 Å². The molecule has 0 aliphatic rings. The van der Waals surface area contributed by atoms with Crippen LogP contribution in [0, 0.1) is 0 Å². The summed E-state index contributed by atoms with van der Waals surface area (Å²) in [6.45, 7) is 1.25. The SMILES string of the molecule is C[C@@](N)(C(=O)O)[C@@H](CP(=O)(O)O)c1ccccc1. The largest absolute Gasteiger partial charge is 0.480 e. The fourth-order valence-electron chi connectivity index (χ4n) is 1.71. The van der Waals surface area contributed by atoms with Gasteiger partial charge in [0.05, 0.1) is 6.16 Å². The van der Waals surface area contributed by atoms with Gasteiger partial charge in [0.1, 0.15) is 5.54 Å². The molecule has 1 rings (SSSR count). The van der Waals surface area contributed by atoms with Crippen molar-refractivity contribution in [2.24, 2.45) is 5.73 Å². The molecule has 0 unspecified atom stereocenters. The van der Waals surface area contributed by atoms with Crippen LogP contribution < -0.4 is 5.73 Å². The number of carboxylic acids is 1. The summed E-state index contributed by atoms with van der Waals surface area (Å²) in [5, 5.41) is 9.09. The van der Waals surface area contributed by atoms with E-state index in [2.05, 4.69) is 0 Å². The van der Waals surface area contributed by atoms with Gasteiger partial charge in [-0.05, 0) is 12.5 Å². The first kappa shape index (κ1) is 14.9. The lowest BCUT2D eigenvalue weighted by molar-refractivity contribution is -0.143. The van der Waals surface area contributed by atoms with Crippen LogP contribution in [0.1, 0.15) is 18.4 Å². The van der Waals surface area contributed by atoms with Gasteiger partial charge in [0.2, 0.25) is 0 Å². The molecule has 5 N–H and O–H groups in total. The monoisotopic (exact) mass is 273 g/mol. The second kappa shape index (κ2) is 5.20. The molecule has 6 nitrogen and oxygen atoms in total. The lowest BCUT2D eigenvalue weighted by Crippen LogP contribution is -2.51. The van der Waals surface area contributed by atoms with Crippen molar-refractivity contribution >= 4 is 13.6 Å². The summed E-state index contributed by atoms with van der Waals surface area (Å²) in [6, 6.07) is 8.27. The summed E-state index contributed by atoms with van der Waals surface area (Å²) in [5.74, 6) is -2.26. The van der Waals surface area contributed by atoms with Crippen molar-refractivity contribution in [3.63, 3.8) is 0 Å². The van der Waals surface area contributed by atoms with E-state index in [4.69, 9.17) is 20.6 Å². The molecule has 1 aromatic rings. The van der Waals surface area contributed by atoms with E-state index in [-0.39, 0.29) is 0 Å². The number of rotatable bonds is 5. The van der Waals surface area contributed by atoms with Gasteiger partial charge in [-0.1, -0.05) is 30.3 Å². The highest BCUT2D eigenvalue weighted by Gasteiger charge is 2.41. The molecule has 0 fully saturated rings. The molecule has 100 valence electrons. The first-order chi connectivity index (χ1) is 8.14. The number of hydrogen-bond acceptors (Lipinski definition) is 3. The Hall–Kier alpha value is -1.20. The van der Waals surface area contributed by atoms with E-state index >= 15 is 0 Å². The minimum atomic E-state index is -4.37. The Morgan fingerprint density at radius 3 is 2.28 bits per heavy atom. The quantitative estimate of drug-likeness (QED) is 0.587. The number of carbonyl (C=O) groups is 1. The van der Waals surface area contributed by atoms with Crippen molar-refractivity contribution < 1.29 is 24.3 Å². The minimum Gasteiger partial charge on any atom is -0.480 e. The molecule has 0 aromatic heterocycles. The molecule has 7 heteroatoms. The van der Waals surface area contributed by atoms with Crippen LogP contribution in [0.15, 0.2) is 30.3 Å². The van der Waals surface area contributed by atoms with Gasteiger partial charge in [0.15, 0.2) is 0 Å². The highest BCUT2D eigenvalue weighted by molar-refractivity contribution is 7.51. The zero-order chi connectivity index (χ0) is 14.0. The van der Waals surface area contributed by atoms with Crippen LogP contribution in [0.3, 0.4) is 0 Å². The van der Waals surface area contributed by atoms with E-state index in [1.165, 1.54) is 6.92 Å². The summed E-state index contributed by atoms with van der Waals surface area (Å²) >= 11 is 0. The predicted molar refractivity (Wildman–Crippen MR) is 66.3 cm³/mol. The van der Waals surface area contributed by atoms with Crippen LogP contribution in [0.25, 0.3) is 0 Å². The van der Waals surface area contributed by atoms with E-state index in [0.29, 0.717) is 5.56 Å². The van der Waals surface area contributed by atoms with Crippen LogP contribution in [0.5, 0.6) is 0 Å². The Kier molecular flexibility index (Phi) is 4.29. The van der Waals surface area contributed by atoms with E-state index in [0.717, 1.165) is 0 Å². The molecule has 0 saturated heterocycles. The molecule has 0 aliphatic carbocycles. The van der Waals surface area contributed by atoms with Gasteiger partial charge in [0.25, 0.3) is 0 Å². The molecule has 2 atom stereocenters. The Morgan fingerprint density at radius 2 is 1.89 bits per heavy atom. The van der Waals surface area contributed by atoms with Crippen molar-refractivity contribution in [3.05, 3.63) is 35.9 Å². The Morgan fingerprint density at radius 1 is 1.39 bits per heavy atom. The van der Waals surface area contributed by atoms with Gasteiger partial charge >= 0.3 is 13.6 Å². The van der Waals surface area contributed by atoms with E-state index in [9.17, 15) is 9.36 Å². The Balaban J connectivity index is 3.20. The Labute approximate surface area is 105 Å². The Bertz CT molecular complexity index is 468. The smallest absolute Gasteiger partial charge is 0.326 e. The summed E-state index contributed by atoms with van der Waals surface area (Å²) in [6.07, 6.45) is -0.601. The van der Waals surface area contributed by atoms with Gasteiger partial charge in [0, 0.05) is 5.92 Å². The fourth-order valence-corrected chi connectivity index (χ4v) is 2.78. The van der Waals surface area contributed by atoms with Crippen LogP contribution in [-0.4, -0.2) is 32.6 Å². The van der Waals surface area contributed by atoms with E-state index < -0.39 is 31.2 Å². The molecule has 0 saturated carbocycles. The van der Waals surface area contributed by atoms with Crippen molar-refractivity contribution in [1.29, 1.82) is 0 Å². The van der Waals surface area contributed by atoms with Crippen molar-refractivity contribution in [2.45, 2.75) is 18.4 Å². The molecular weight excluding hydrogens is 257 g/mol. The highest BCUT2D eigenvalue weighted by atomic mass is 31.2. The third-order valence-corrected chi connectivity index (χ3v) is 3.65. The third-order valence-electron chi connectivity index (χ3n) is 2.81. The van der Waals surface area contributed by atoms with Crippen LogP contribution in [0.4, 0.5) is 0 Å². The maximum absolute atomic E-state index is 11.1. The third kappa shape index (κ3) is 3.65. The second-order valence-electron chi connectivity index (χ2n) is 4.40. The minimum absolute atomic E-state index is 0.494. The number of aliphatic carboxylic acids is 1. The average molecular weight is 273 g/mol. The van der Waals surface area contributed by atoms with Gasteiger partial charge in [-0.3, -0.25) is 9.36 Å². The lowest BCUT2D eigenvalue weighted by Gasteiger charge is -2.30. The second-order valence-corrected chi connectivity index (χ2v) is 6.09. The van der Waals surface area contributed by atoms with Crippen molar-refractivity contribution in [2.75, 3.05) is 6.16 Å². The molecule has 0 spiro atoms. The maximum atomic E-state index is 11.1. The summed E-state index contributed by atoms with van der Waals surface area (Å²) < 4.78 is 11.1. The van der Waals surface area contributed by atoms with E-state index in [1.54, 1.807) is 30.3 Å². The van der Waals surface area contributed by atoms with Crippen LogP contribution in [0.2, 0.25) is 0 Å². The highest BCUT2D eigenvalue weighted by Crippen LogP contribution is 2.43. The number of hydrogen-bond donors (Lipinski definition) is 4. The molecule has 0 heterocycles. The predicted octanol–water partition coefficient (Wildman–Crippen LogP) is 0.750. The normalized spacial score (nSPS) is 16.9. The summed E-state index contributed by atoms with van der Waals surface area (Å²) in [5.41, 5.74) is 4.45. The van der Waals surface area contributed by atoms with E-state index in [1.807, 2.05) is 0 Å². The standard InChI is InChI=1S/C11H16NO5P/c1-11(12,10(13)14)9(7-18(15,16)17)8-5-3-2-4-6-8/h2-6,9H,7,12H2,1H3,(H,13,14)(H2,15,16,17)/t9-,11-/m0/s1.